The lowest BCUT2D eigenvalue weighted by Gasteiger charge is -2.02. The Kier molecular flexibility index (Phi) is 2.66. The molecule has 0 bridgehead atoms. The Labute approximate surface area is 110 Å². The van der Waals surface area contributed by atoms with Gasteiger partial charge in [-0.15, -0.1) is 0 Å². The molecule has 0 saturated heterocycles. The molecule has 1 aromatic carbocycles. The molecular formula is C15H10N4. The standard InChI is InChI=1S/C15H10N4/c1-10-2-5-13-9-17-14(19-15(13)18-10)12-6-3-11(8-16)4-7-12/h2-7,9H,1H3. The van der Waals surface area contributed by atoms with Gasteiger partial charge in [0.1, 0.15) is 0 Å². The molecule has 0 amide bonds. The van der Waals surface area contributed by atoms with Crippen molar-refractivity contribution in [2.45, 2.75) is 6.92 Å². The molecule has 19 heavy (non-hydrogen) atoms. The first-order chi connectivity index (χ1) is 9.26. The highest BCUT2D eigenvalue weighted by Gasteiger charge is 2.04. The first-order valence-corrected chi connectivity index (χ1v) is 5.87. The lowest BCUT2D eigenvalue weighted by Crippen LogP contribution is -1.93. The second kappa shape index (κ2) is 4.46. The predicted octanol–water partition coefficient (Wildman–Crippen LogP) is 2.87. The minimum atomic E-state index is 0.620. The maximum Gasteiger partial charge on any atom is 0.163 e. The van der Waals surface area contributed by atoms with Gasteiger partial charge in [0.2, 0.25) is 0 Å². The second-order valence-corrected chi connectivity index (χ2v) is 4.25. The predicted molar refractivity (Wildman–Crippen MR) is 72.2 cm³/mol. The summed E-state index contributed by atoms with van der Waals surface area (Å²) in [5, 5.41) is 9.70. The molecular weight excluding hydrogens is 236 g/mol. The molecule has 3 aromatic rings. The van der Waals surface area contributed by atoms with E-state index in [1.165, 1.54) is 0 Å². The topological polar surface area (TPSA) is 62.5 Å². The molecule has 0 aliphatic heterocycles. The summed E-state index contributed by atoms with van der Waals surface area (Å²) in [6.07, 6.45) is 1.77. The van der Waals surface area contributed by atoms with E-state index < -0.39 is 0 Å². The third-order valence-electron chi connectivity index (χ3n) is 2.85. The molecule has 3 rings (SSSR count). The minimum Gasteiger partial charge on any atom is -0.236 e. The number of hydrogen-bond acceptors (Lipinski definition) is 4. The fraction of sp³-hybridized carbons (Fsp3) is 0.0667. The summed E-state index contributed by atoms with van der Waals surface area (Å²) >= 11 is 0. The third kappa shape index (κ3) is 2.14. The number of nitriles is 1. The first-order valence-electron chi connectivity index (χ1n) is 5.87. The van der Waals surface area contributed by atoms with Crippen molar-refractivity contribution in [3.8, 4) is 17.5 Å². The Bertz CT molecular complexity index is 785. The average molecular weight is 246 g/mol. The van der Waals surface area contributed by atoms with Crippen molar-refractivity contribution in [1.29, 1.82) is 5.26 Å². The number of pyridine rings is 1. The van der Waals surface area contributed by atoms with Gasteiger partial charge in [-0.2, -0.15) is 5.26 Å². The van der Waals surface area contributed by atoms with E-state index in [0.29, 0.717) is 17.0 Å². The van der Waals surface area contributed by atoms with Gasteiger partial charge < -0.3 is 0 Å². The zero-order valence-corrected chi connectivity index (χ0v) is 10.3. The summed E-state index contributed by atoms with van der Waals surface area (Å²) in [5.41, 5.74) is 3.12. The number of hydrogen-bond donors (Lipinski definition) is 0. The summed E-state index contributed by atoms with van der Waals surface area (Å²) in [4.78, 5) is 13.2. The van der Waals surface area contributed by atoms with Crippen LogP contribution in [-0.2, 0) is 0 Å². The number of aryl methyl sites for hydroxylation is 1. The number of benzene rings is 1. The lowest BCUT2D eigenvalue weighted by molar-refractivity contribution is 1.15. The van der Waals surface area contributed by atoms with Gasteiger partial charge in [0.05, 0.1) is 11.6 Å². The molecule has 0 radical (unpaired) electrons. The monoisotopic (exact) mass is 246 g/mol. The minimum absolute atomic E-state index is 0.620. The molecule has 0 fully saturated rings. The van der Waals surface area contributed by atoms with E-state index in [9.17, 15) is 0 Å². The Morgan fingerprint density at radius 3 is 2.53 bits per heavy atom. The summed E-state index contributed by atoms with van der Waals surface area (Å²) in [6, 6.07) is 13.2. The fourth-order valence-electron chi connectivity index (χ4n) is 1.84. The van der Waals surface area contributed by atoms with Crippen molar-refractivity contribution in [3.63, 3.8) is 0 Å². The first kappa shape index (κ1) is 11.3. The van der Waals surface area contributed by atoms with Crippen molar-refractivity contribution >= 4 is 11.0 Å². The van der Waals surface area contributed by atoms with Gasteiger partial charge in [0.25, 0.3) is 0 Å². The Morgan fingerprint density at radius 2 is 1.79 bits per heavy atom. The van der Waals surface area contributed by atoms with Crippen LogP contribution in [0.3, 0.4) is 0 Å². The lowest BCUT2D eigenvalue weighted by atomic mass is 10.1. The highest BCUT2D eigenvalue weighted by Crippen LogP contribution is 2.18. The van der Waals surface area contributed by atoms with E-state index in [4.69, 9.17) is 5.26 Å². The zero-order chi connectivity index (χ0) is 13.2. The molecule has 4 nitrogen and oxygen atoms in total. The molecule has 4 heteroatoms. The highest BCUT2D eigenvalue weighted by atomic mass is 14.9. The largest absolute Gasteiger partial charge is 0.236 e. The molecule has 0 saturated carbocycles. The van der Waals surface area contributed by atoms with Crippen LogP contribution in [0.15, 0.2) is 42.6 Å². The van der Waals surface area contributed by atoms with Gasteiger partial charge in [-0.3, -0.25) is 0 Å². The molecule has 90 valence electrons. The summed E-state index contributed by atoms with van der Waals surface area (Å²) < 4.78 is 0. The van der Waals surface area contributed by atoms with Crippen molar-refractivity contribution in [2.24, 2.45) is 0 Å². The number of aromatic nitrogens is 3. The van der Waals surface area contributed by atoms with Gasteiger partial charge in [-0.05, 0) is 43.3 Å². The van der Waals surface area contributed by atoms with Crippen molar-refractivity contribution in [2.75, 3.05) is 0 Å². The van der Waals surface area contributed by atoms with Gasteiger partial charge in [0, 0.05) is 22.8 Å². The Hall–Kier alpha value is -2.80. The molecule has 0 unspecified atom stereocenters. The van der Waals surface area contributed by atoms with E-state index >= 15 is 0 Å². The van der Waals surface area contributed by atoms with Gasteiger partial charge in [0.15, 0.2) is 11.5 Å². The maximum atomic E-state index is 8.78. The van der Waals surface area contributed by atoms with Crippen LogP contribution in [0.1, 0.15) is 11.3 Å². The van der Waals surface area contributed by atoms with Gasteiger partial charge >= 0.3 is 0 Å². The van der Waals surface area contributed by atoms with E-state index in [1.54, 1.807) is 18.3 Å². The van der Waals surface area contributed by atoms with Crippen molar-refractivity contribution in [3.05, 3.63) is 53.9 Å². The maximum absolute atomic E-state index is 8.78. The number of fused-ring (bicyclic) bond motifs is 1. The van der Waals surface area contributed by atoms with Crippen LogP contribution < -0.4 is 0 Å². The van der Waals surface area contributed by atoms with Crippen LogP contribution in [0.4, 0.5) is 0 Å². The molecule has 0 aliphatic carbocycles. The summed E-state index contributed by atoms with van der Waals surface area (Å²) in [5.74, 6) is 0.620. The van der Waals surface area contributed by atoms with Crippen LogP contribution >= 0.6 is 0 Å². The van der Waals surface area contributed by atoms with Crippen LogP contribution in [0, 0.1) is 18.3 Å². The zero-order valence-electron chi connectivity index (χ0n) is 10.3. The normalized spacial score (nSPS) is 10.3. The number of nitrogens with zero attached hydrogens (tertiary/aromatic N) is 4. The van der Waals surface area contributed by atoms with E-state index in [1.807, 2.05) is 31.2 Å². The van der Waals surface area contributed by atoms with E-state index in [-0.39, 0.29) is 0 Å². The molecule has 0 spiro atoms. The summed E-state index contributed by atoms with van der Waals surface area (Å²) in [7, 11) is 0. The Morgan fingerprint density at radius 1 is 1.00 bits per heavy atom. The summed E-state index contributed by atoms with van der Waals surface area (Å²) in [6.45, 7) is 1.93. The van der Waals surface area contributed by atoms with E-state index in [2.05, 4.69) is 21.0 Å². The van der Waals surface area contributed by atoms with Crippen LogP contribution in [-0.4, -0.2) is 15.0 Å². The highest BCUT2D eigenvalue weighted by molar-refractivity contribution is 5.76. The second-order valence-electron chi connectivity index (χ2n) is 4.25. The van der Waals surface area contributed by atoms with Gasteiger partial charge in [-0.1, -0.05) is 0 Å². The van der Waals surface area contributed by atoms with Crippen molar-refractivity contribution in [1.82, 2.24) is 15.0 Å². The van der Waals surface area contributed by atoms with Crippen molar-refractivity contribution < 1.29 is 0 Å². The molecule has 0 aliphatic rings. The quantitative estimate of drug-likeness (QED) is 0.662. The van der Waals surface area contributed by atoms with Gasteiger partial charge in [-0.25, -0.2) is 15.0 Å². The Balaban J connectivity index is 2.11. The average Bonchev–Trinajstić information content (AvgIpc) is 2.46. The van der Waals surface area contributed by atoms with Crippen LogP contribution in [0.5, 0.6) is 0 Å². The smallest absolute Gasteiger partial charge is 0.163 e. The molecule has 0 atom stereocenters. The third-order valence-corrected chi connectivity index (χ3v) is 2.85. The van der Waals surface area contributed by atoms with Crippen LogP contribution in [0.2, 0.25) is 0 Å². The molecule has 2 aromatic heterocycles. The number of rotatable bonds is 1. The molecule has 0 N–H and O–H groups in total. The molecule has 2 heterocycles. The van der Waals surface area contributed by atoms with E-state index in [0.717, 1.165) is 16.6 Å². The fourth-order valence-corrected chi connectivity index (χ4v) is 1.84. The SMILES string of the molecule is Cc1ccc2cnc(-c3ccc(C#N)cc3)nc2n1. The van der Waals surface area contributed by atoms with Crippen LogP contribution in [0.25, 0.3) is 22.4 Å².